The van der Waals surface area contributed by atoms with Crippen molar-refractivity contribution in [3.8, 4) is 39.1 Å². The third-order valence-electron chi connectivity index (χ3n) is 13.1. The van der Waals surface area contributed by atoms with Crippen LogP contribution in [0.4, 0.5) is 17.1 Å². The lowest BCUT2D eigenvalue weighted by Gasteiger charge is -2.29. The molecule has 2 heteroatoms. The molecule has 12 rings (SSSR count). The fourth-order valence-corrected chi connectivity index (χ4v) is 10.4. The van der Waals surface area contributed by atoms with Crippen molar-refractivity contribution in [3.05, 3.63) is 230 Å². The van der Waals surface area contributed by atoms with Crippen molar-refractivity contribution in [1.82, 2.24) is 4.57 Å². The molecule has 0 amide bonds. The number of para-hydroxylation sites is 2. The highest BCUT2D eigenvalue weighted by Crippen LogP contribution is 2.53. The van der Waals surface area contributed by atoms with Gasteiger partial charge < -0.3 is 9.47 Å². The van der Waals surface area contributed by atoms with E-state index >= 15 is 0 Å². The van der Waals surface area contributed by atoms with E-state index in [2.05, 4.69) is 242 Å². The Bertz CT molecular complexity index is 3510. The topological polar surface area (TPSA) is 8.17 Å². The van der Waals surface area contributed by atoms with Gasteiger partial charge in [0.25, 0.3) is 0 Å². The lowest BCUT2D eigenvalue weighted by Crippen LogP contribution is -2.17. The van der Waals surface area contributed by atoms with Gasteiger partial charge in [0.05, 0.1) is 16.7 Å². The highest BCUT2D eigenvalue weighted by molar-refractivity contribution is 6.17. The summed E-state index contributed by atoms with van der Waals surface area (Å²) >= 11 is 0. The molecule has 0 spiro atoms. The van der Waals surface area contributed by atoms with Gasteiger partial charge in [0.2, 0.25) is 0 Å². The SMILES string of the molecule is CC1(C)c2cc(N(c3ccccc3)c3cccc4c3c3ccccc3n4-c3cccc(-c4ccccc4-c4cccc5ccccc45)c3)ccc2-c2ccc3ccccc3c21. The Balaban J connectivity index is 1.04. The first-order valence-corrected chi connectivity index (χ1v) is 21.3. The van der Waals surface area contributed by atoms with Gasteiger partial charge in [-0.3, -0.25) is 0 Å². The van der Waals surface area contributed by atoms with E-state index in [0.29, 0.717) is 0 Å². The Morgan fingerprint density at radius 1 is 0.393 bits per heavy atom. The summed E-state index contributed by atoms with van der Waals surface area (Å²) in [6.07, 6.45) is 0. The van der Waals surface area contributed by atoms with Gasteiger partial charge in [-0.1, -0.05) is 178 Å². The molecule has 0 saturated heterocycles. The van der Waals surface area contributed by atoms with Crippen LogP contribution in [0.1, 0.15) is 25.0 Å². The van der Waals surface area contributed by atoms with E-state index in [1.165, 1.54) is 87.9 Å². The molecule has 0 unspecified atom stereocenters. The zero-order chi connectivity index (χ0) is 40.7. The molecule has 1 aliphatic rings. The molecule has 10 aromatic carbocycles. The summed E-state index contributed by atoms with van der Waals surface area (Å²) in [5, 5.41) is 7.57. The Morgan fingerprint density at radius 2 is 1.02 bits per heavy atom. The maximum absolute atomic E-state index is 2.47. The Kier molecular flexibility index (Phi) is 7.92. The van der Waals surface area contributed by atoms with Crippen molar-refractivity contribution in [2.75, 3.05) is 4.90 Å². The van der Waals surface area contributed by atoms with E-state index in [1.54, 1.807) is 0 Å². The molecule has 0 fully saturated rings. The second-order valence-corrected chi connectivity index (χ2v) is 16.9. The molecule has 0 N–H and O–H groups in total. The summed E-state index contributed by atoms with van der Waals surface area (Å²) in [5.74, 6) is 0. The normalized spacial score (nSPS) is 12.9. The second kappa shape index (κ2) is 13.7. The fraction of sp³-hybridized carbons (Fsp3) is 0.0508. The average molecular weight is 779 g/mol. The number of anilines is 3. The number of benzene rings is 10. The van der Waals surface area contributed by atoms with Crippen LogP contribution in [0.2, 0.25) is 0 Å². The highest BCUT2D eigenvalue weighted by Gasteiger charge is 2.37. The van der Waals surface area contributed by atoms with Crippen molar-refractivity contribution < 1.29 is 0 Å². The summed E-state index contributed by atoms with van der Waals surface area (Å²) in [5.41, 5.74) is 17.0. The number of nitrogens with zero attached hydrogens (tertiary/aromatic N) is 2. The summed E-state index contributed by atoms with van der Waals surface area (Å²) in [4.78, 5) is 2.47. The molecule has 1 aromatic heterocycles. The van der Waals surface area contributed by atoms with Crippen molar-refractivity contribution >= 4 is 60.4 Å². The van der Waals surface area contributed by atoms with E-state index in [-0.39, 0.29) is 5.41 Å². The Labute approximate surface area is 356 Å². The minimum Gasteiger partial charge on any atom is -0.310 e. The zero-order valence-electron chi connectivity index (χ0n) is 34.2. The van der Waals surface area contributed by atoms with E-state index in [9.17, 15) is 0 Å². The van der Waals surface area contributed by atoms with Gasteiger partial charge in [0.1, 0.15) is 0 Å². The van der Waals surface area contributed by atoms with Crippen LogP contribution in [0.5, 0.6) is 0 Å². The van der Waals surface area contributed by atoms with Crippen molar-refractivity contribution in [2.45, 2.75) is 19.3 Å². The predicted octanol–water partition coefficient (Wildman–Crippen LogP) is 16.2. The van der Waals surface area contributed by atoms with Gasteiger partial charge in [0, 0.05) is 33.2 Å². The smallest absolute Gasteiger partial charge is 0.0562 e. The first kappa shape index (κ1) is 35.3. The number of rotatable bonds is 6. The minimum atomic E-state index is -0.177. The average Bonchev–Trinajstić information content (AvgIpc) is 3.78. The van der Waals surface area contributed by atoms with Crippen LogP contribution in [-0.2, 0) is 5.41 Å². The van der Waals surface area contributed by atoms with Crippen LogP contribution < -0.4 is 4.90 Å². The van der Waals surface area contributed by atoms with E-state index < -0.39 is 0 Å². The van der Waals surface area contributed by atoms with Crippen LogP contribution in [0, 0.1) is 0 Å². The van der Waals surface area contributed by atoms with Gasteiger partial charge >= 0.3 is 0 Å². The number of hydrogen-bond acceptors (Lipinski definition) is 1. The molecular weight excluding hydrogens is 737 g/mol. The van der Waals surface area contributed by atoms with Gasteiger partial charge in [-0.15, -0.1) is 0 Å². The quantitative estimate of drug-likeness (QED) is 0.163. The lowest BCUT2D eigenvalue weighted by atomic mass is 9.80. The standard InChI is InChI=1S/C59H42N2/c1-59(2)53-38-44(34-36-50(53)51-35-33-40-18-7-9-26-47(40)58(51)59)60(42-21-4-3-5-22-42)55-31-16-32-56-57(55)52-28-12-13-30-54(52)61(56)43-23-14-20-41(37-43)46-25-10-11-27-48(46)49-29-15-19-39-17-6-8-24-45(39)49/h3-38H,1-2H3. The van der Waals surface area contributed by atoms with E-state index in [1.807, 2.05) is 0 Å². The molecule has 1 aliphatic carbocycles. The fourth-order valence-electron chi connectivity index (χ4n) is 10.4. The highest BCUT2D eigenvalue weighted by atomic mass is 15.1. The maximum atomic E-state index is 2.47. The van der Waals surface area contributed by atoms with Gasteiger partial charge in [0.15, 0.2) is 0 Å². The van der Waals surface area contributed by atoms with E-state index in [4.69, 9.17) is 0 Å². The molecule has 0 aliphatic heterocycles. The molecular formula is C59H42N2. The summed E-state index contributed by atoms with van der Waals surface area (Å²) in [7, 11) is 0. The number of hydrogen-bond donors (Lipinski definition) is 0. The zero-order valence-corrected chi connectivity index (χ0v) is 34.2. The Hall–Kier alpha value is -7.68. The van der Waals surface area contributed by atoms with Crippen molar-refractivity contribution in [2.24, 2.45) is 0 Å². The first-order valence-electron chi connectivity index (χ1n) is 21.3. The summed E-state index contributed by atoms with van der Waals surface area (Å²) in [6.45, 7) is 4.79. The monoisotopic (exact) mass is 778 g/mol. The second-order valence-electron chi connectivity index (χ2n) is 16.9. The van der Waals surface area contributed by atoms with Crippen LogP contribution in [0.3, 0.4) is 0 Å². The van der Waals surface area contributed by atoms with E-state index in [0.717, 1.165) is 22.7 Å². The molecule has 0 bridgehead atoms. The first-order chi connectivity index (χ1) is 30.0. The van der Waals surface area contributed by atoms with Gasteiger partial charge in [-0.25, -0.2) is 0 Å². The van der Waals surface area contributed by atoms with Crippen molar-refractivity contribution in [3.63, 3.8) is 0 Å². The minimum absolute atomic E-state index is 0.177. The maximum Gasteiger partial charge on any atom is 0.0562 e. The van der Waals surface area contributed by atoms with Gasteiger partial charge in [-0.2, -0.15) is 0 Å². The molecule has 2 nitrogen and oxygen atoms in total. The van der Waals surface area contributed by atoms with Crippen LogP contribution >= 0.6 is 0 Å². The molecule has 0 saturated carbocycles. The van der Waals surface area contributed by atoms with Crippen molar-refractivity contribution in [1.29, 1.82) is 0 Å². The Morgan fingerprint density at radius 3 is 1.87 bits per heavy atom. The molecule has 1 heterocycles. The summed E-state index contributed by atoms with van der Waals surface area (Å²) < 4.78 is 2.45. The molecule has 0 radical (unpaired) electrons. The predicted molar refractivity (Wildman–Crippen MR) is 259 cm³/mol. The van der Waals surface area contributed by atoms with Crippen LogP contribution in [0.15, 0.2) is 218 Å². The van der Waals surface area contributed by atoms with Crippen LogP contribution in [-0.4, -0.2) is 4.57 Å². The largest absolute Gasteiger partial charge is 0.310 e. The molecule has 288 valence electrons. The van der Waals surface area contributed by atoms with Crippen LogP contribution in [0.25, 0.3) is 82.4 Å². The molecule has 0 atom stereocenters. The molecule has 61 heavy (non-hydrogen) atoms. The summed E-state index contributed by atoms with van der Waals surface area (Å²) in [6, 6.07) is 80.3. The number of aromatic nitrogens is 1. The molecule has 11 aromatic rings. The third kappa shape index (κ3) is 5.42. The number of fused-ring (bicyclic) bond motifs is 9. The third-order valence-corrected chi connectivity index (χ3v) is 13.1. The lowest BCUT2D eigenvalue weighted by molar-refractivity contribution is 0.666. The van der Waals surface area contributed by atoms with Gasteiger partial charge in [-0.05, 0) is 121 Å².